The maximum absolute atomic E-state index is 11.2. The molecule has 0 aliphatic rings. The zero-order valence-corrected chi connectivity index (χ0v) is 42.0. The third-order valence-corrected chi connectivity index (χ3v) is 15.0. The molecule has 4 aromatic rings. The maximum Gasteiger partial charge on any atom is 0.214 e. The highest BCUT2D eigenvalue weighted by Crippen LogP contribution is 2.26. The van der Waals surface area contributed by atoms with Gasteiger partial charge >= 0.3 is 0 Å². The van der Waals surface area contributed by atoms with Crippen LogP contribution >= 0.6 is 46.4 Å². The Kier molecular flexibility index (Phi) is 24.6. The molecule has 20 nitrogen and oxygen atoms in total. The number of methoxy groups -OCH3 is 4. The first-order chi connectivity index (χ1) is 29.4. The number of rotatable bonds is 16. The number of ether oxygens (including phenoxy) is 4. The van der Waals surface area contributed by atoms with Gasteiger partial charge in [-0.15, -0.1) is 0 Å². The zero-order valence-electron chi connectivity index (χ0n) is 35.7. The molecule has 8 N–H and O–H groups in total. The van der Waals surface area contributed by atoms with E-state index >= 15 is 0 Å². The summed E-state index contributed by atoms with van der Waals surface area (Å²) in [5, 5.41) is 18.7. The van der Waals surface area contributed by atoms with Gasteiger partial charge in [-0.3, -0.25) is 19.9 Å². The van der Waals surface area contributed by atoms with Gasteiger partial charge in [-0.25, -0.2) is 54.2 Å². The molecule has 0 spiro atoms. The summed E-state index contributed by atoms with van der Waals surface area (Å²) in [4.78, 5) is 16.0. The molecule has 0 amide bonds. The first-order valence-electron chi connectivity index (χ1n) is 18.1. The van der Waals surface area contributed by atoms with E-state index in [-0.39, 0.29) is 0 Å². The van der Waals surface area contributed by atoms with Crippen LogP contribution < -0.4 is 20.6 Å². The minimum absolute atomic E-state index is 0.474. The Bertz CT molecular complexity index is 2140. The number of nitrogens with two attached hydrogens (primary N) is 4. The largest absolute Gasteiger partial charge is 0.374 e. The highest BCUT2D eigenvalue weighted by Gasteiger charge is 2.32. The number of sulfonamides is 4. The second-order valence-electron chi connectivity index (χ2n) is 13.4. The molecule has 8 atom stereocenters. The van der Waals surface area contributed by atoms with Crippen molar-refractivity contribution in [2.24, 2.45) is 20.6 Å². The molecule has 4 rings (SSSR count). The number of pyridine rings is 4. The molecule has 0 unspecified atom stereocenters. The first-order valence-corrected chi connectivity index (χ1v) is 26.0. The lowest BCUT2D eigenvalue weighted by molar-refractivity contribution is 0.0987. The van der Waals surface area contributed by atoms with Crippen molar-refractivity contribution in [1.29, 1.82) is 0 Å². The van der Waals surface area contributed by atoms with Crippen LogP contribution in [0.5, 0.6) is 0 Å². The van der Waals surface area contributed by atoms with Crippen LogP contribution in [0.1, 0.15) is 74.9 Å². The average molecular weight is 1060 g/mol. The van der Waals surface area contributed by atoms with Crippen LogP contribution in [-0.2, 0) is 59.0 Å². The van der Waals surface area contributed by atoms with Crippen LogP contribution in [0.15, 0.2) is 73.3 Å². The Balaban J connectivity index is 0.000000427. The van der Waals surface area contributed by atoms with E-state index in [1.807, 2.05) is 0 Å². The van der Waals surface area contributed by atoms with E-state index in [1.54, 1.807) is 48.5 Å². The van der Waals surface area contributed by atoms with Crippen LogP contribution in [0.3, 0.4) is 0 Å². The monoisotopic (exact) mass is 1060 g/mol. The number of nitrogens with zero attached hydrogens (tertiary/aromatic N) is 4. The molecular weight excluding hydrogens is 1010 g/mol. The van der Waals surface area contributed by atoms with Crippen molar-refractivity contribution in [3.05, 3.63) is 116 Å². The molecule has 0 aliphatic carbocycles. The third-order valence-electron chi connectivity index (χ3n) is 8.96. The van der Waals surface area contributed by atoms with Gasteiger partial charge in [-0.1, -0.05) is 46.4 Å². The summed E-state index contributed by atoms with van der Waals surface area (Å²) >= 11 is 22.7. The van der Waals surface area contributed by atoms with Crippen LogP contribution in [0, 0.1) is 0 Å². The van der Waals surface area contributed by atoms with Gasteiger partial charge in [0.05, 0.1) is 42.9 Å². The second kappa shape index (κ2) is 26.5. The SMILES string of the molecule is CO[C@@H](c1ccc(Cl)cn1)[C@@H](C)S(N)(=O)=O.CO[C@@H](c1ccc(Cl)cn1)[C@@H](C)S(N)(=O)=O.CO[C@H](c1ccc(Cl)cn1)[C@H](C)S(N)(=O)=O.CO[C@H](c1ccc(Cl)cn1)[C@H](C)S(N)(=O)=O. The molecule has 0 radical (unpaired) electrons. The van der Waals surface area contributed by atoms with Crippen molar-refractivity contribution in [1.82, 2.24) is 19.9 Å². The predicted molar refractivity (Wildman–Crippen MR) is 246 cm³/mol. The summed E-state index contributed by atoms with van der Waals surface area (Å²) in [5.41, 5.74) is 1.92. The topological polar surface area (TPSA) is 329 Å². The van der Waals surface area contributed by atoms with E-state index in [2.05, 4.69) is 19.9 Å². The maximum atomic E-state index is 11.2. The fourth-order valence-electron chi connectivity index (χ4n) is 5.12. The Labute approximate surface area is 394 Å². The van der Waals surface area contributed by atoms with E-state index in [0.29, 0.717) is 42.9 Å². The fourth-order valence-corrected chi connectivity index (χ4v) is 7.95. The van der Waals surface area contributed by atoms with E-state index in [4.69, 9.17) is 85.9 Å². The van der Waals surface area contributed by atoms with Gasteiger partial charge in [0.15, 0.2) is 0 Å². The molecular formula is C36H52Cl4N8O12S4. The third kappa shape index (κ3) is 19.6. The lowest BCUT2D eigenvalue weighted by atomic mass is 10.2. The highest BCUT2D eigenvalue weighted by molar-refractivity contribution is 7.90. The Hall–Kier alpha value is -2.76. The van der Waals surface area contributed by atoms with Gasteiger partial charge in [-0.05, 0) is 76.2 Å². The average Bonchev–Trinajstić information content (AvgIpc) is 3.21. The molecule has 360 valence electrons. The standard InChI is InChI=1S/4C9H13ClN2O3S/c4*1-6(16(11,13)14)9(15-2)8-4-3-7(10)5-12-8/h4*3-6,9H,1-2H3,(H2,11,13,14)/t4*6-,9-/m1100/s1. The number of halogens is 4. The van der Waals surface area contributed by atoms with Crippen molar-refractivity contribution in [3.63, 3.8) is 0 Å². The molecule has 28 heteroatoms. The van der Waals surface area contributed by atoms with E-state index in [0.717, 1.165) is 0 Å². The van der Waals surface area contributed by atoms with Gasteiger partial charge in [0, 0.05) is 53.2 Å². The lowest BCUT2D eigenvalue weighted by Crippen LogP contribution is -2.32. The van der Waals surface area contributed by atoms with E-state index in [1.165, 1.54) is 80.9 Å². The quantitative estimate of drug-likeness (QED) is 0.121. The minimum Gasteiger partial charge on any atom is -0.374 e. The number of primary sulfonamides is 4. The molecule has 64 heavy (non-hydrogen) atoms. The van der Waals surface area contributed by atoms with Crippen LogP contribution in [0.25, 0.3) is 0 Å². The Morgan fingerprint density at radius 2 is 0.531 bits per heavy atom. The molecule has 0 aliphatic heterocycles. The number of hydrogen-bond donors (Lipinski definition) is 4. The molecule has 0 saturated carbocycles. The van der Waals surface area contributed by atoms with Crippen molar-refractivity contribution in [3.8, 4) is 0 Å². The number of aromatic nitrogens is 4. The lowest BCUT2D eigenvalue weighted by Gasteiger charge is -2.20. The summed E-state index contributed by atoms with van der Waals surface area (Å²) in [6.45, 7) is 5.89. The summed E-state index contributed by atoms with van der Waals surface area (Å²) in [6, 6.07) is 12.9. The van der Waals surface area contributed by atoms with E-state index < -0.39 is 85.5 Å². The predicted octanol–water partition coefficient (Wildman–Crippen LogP) is 4.40. The van der Waals surface area contributed by atoms with Gasteiger partial charge in [0.2, 0.25) is 40.1 Å². The summed E-state index contributed by atoms with van der Waals surface area (Å²) in [5.74, 6) is 0. The molecule has 0 bridgehead atoms. The van der Waals surface area contributed by atoms with Gasteiger partial charge in [0.1, 0.15) is 45.4 Å². The van der Waals surface area contributed by atoms with Gasteiger partial charge in [0.25, 0.3) is 0 Å². The normalized spacial score (nSPS) is 15.8. The Morgan fingerprint density at radius 1 is 0.375 bits per heavy atom. The zero-order chi connectivity index (χ0) is 49.4. The highest BCUT2D eigenvalue weighted by atomic mass is 35.5. The molecule has 0 aromatic carbocycles. The molecule has 0 fully saturated rings. The summed E-state index contributed by atoms with van der Waals surface area (Å²) < 4.78 is 110. The van der Waals surface area contributed by atoms with Crippen molar-refractivity contribution in [2.45, 2.75) is 73.1 Å². The van der Waals surface area contributed by atoms with Crippen molar-refractivity contribution >= 4 is 86.5 Å². The smallest absolute Gasteiger partial charge is 0.214 e. The fraction of sp³-hybridized carbons (Fsp3) is 0.444. The minimum atomic E-state index is -3.67. The van der Waals surface area contributed by atoms with Crippen LogP contribution in [-0.4, -0.2) is 103 Å². The van der Waals surface area contributed by atoms with Crippen molar-refractivity contribution in [2.75, 3.05) is 28.4 Å². The van der Waals surface area contributed by atoms with Crippen molar-refractivity contribution < 1.29 is 52.6 Å². The first kappa shape index (κ1) is 59.3. The van der Waals surface area contributed by atoms with E-state index in [9.17, 15) is 33.7 Å². The van der Waals surface area contributed by atoms with Crippen LogP contribution in [0.2, 0.25) is 20.1 Å². The van der Waals surface area contributed by atoms with Gasteiger partial charge in [-0.2, -0.15) is 0 Å². The molecule has 0 saturated heterocycles. The van der Waals surface area contributed by atoms with Crippen LogP contribution in [0.4, 0.5) is 0 Å². The van der Waals surface area contributed by atoms with Gasteiger partial charge < -0.3 is 18.9 Å². The summed E-state index contributed by atoms with van der Waals surface area (Å²) in [6.07, 6.45) is 2.91. The summed E-state index contributed by atoms with van der Waals surface area (Å²) in [7, 11) is -9.06. The molecule has 4 aromatic heterocycles. The number of hydrogen-bond acceptors (Lipinski definition) is 16. The molecule has 4 heterocycles. The second-order valence-corrected chi connectivity index (χ2v) is 22.8. The Morgan fingerprint density at radius 3 is 0.625 bits per heavy atom.